The van der Waals surface area contributed by atoms with Gasteiger partial charge in [-0.05, 0) is 40.7 Å². The largest absolute Gasteiger partial charge is 0.493 e. The minimum Gasteiger partial charge on any atom is -0.493 e. The second-order valence-electron chi connectivity index (χ2n) is 7.43. The summed E-state index contributed by atoms with van der Waals surface area (Å²) in [5.41, 5.74) is 0.139. The highest BCUT2D eigenvalue weighted by molar-refractivity contribution is 5.85. The van der Waals surface area contributed by atoms with Crippen LogP contribution in [0.2, 0.25) is 0 Å². The first-order valence-corrected chi connectivity index (χ1v) is 8.03. The van der Waals surface area contributed by atoms with Crippen molar-refractivity contribution in [2.24, 2.45) is 0 Å². The number of benzene rings is 1. The molecular formula is C18H31ClN2O4. The Morgan fingerprint density at radius 3 is 2.36 bits per heavy atom. The van der Waals surface area contributed by atoms with E-state index in [0.29, 0.717) is 18.0 Å². The minimum absolute atomic E-state index is 0. The van der Waals surface area contributed by atoms with E-state index in [0.717, 1.165) is 5.56 Å². The zero-order chi connectivity index (χ0) is 18.4. The monoisotopic (exact) mass is 374 g/mol. The van der Waals surface area contributed by atoms with E-state index in [4.69, 9.17) is 9.47 Å². The van der Waals surface area contributed by atoms with Crippen molar-refractivity contribution >= 4 is 18.3 Å². The Morgan fingerprint density at radius 2 is 1.84 bits per heavy atom. The van der Waals surface area contributed by atoms with Gasteiger partial charge in [-0.3, -0.25) is 4.79 Å². The summed E-state index contributed by atoms with van der Waals surface area (Å²) in [5, 5.41) is 15.5. The molecule has 0 aliphatic rings. The van der Waals surface area contributed by atoms with Gasteiger partial charge < -0.3 is 25.2 Å². The molecule has 0 saturated heterocycles. The maximum absolute atomic E-state index is 12.0. The number of hydrogen-bond acceptors (Lipinski definition) is 5. The first-order chi connectivity index (χ1) is 11.1. The smallest absolute Gasteiger partial charge is 0.258 e. The topological polar surface area (TPSA) is 79.8 Å². The number of halogens is 1. The van der Waals surface area contributed by atoms with Crippen molar-refractivity contribution in [2.45, 2.75) is 52.2 Å². The first kappa shape index (κ1) is 23.5. The van der Waals surface area contributed by atoms with Gasteiger partial charge in [0.1, 0.15) is 0 Å². The molecule has 7 heteroatoms. The molecular weight excluding hydrogens is 344 g/mol. The number of aliphatic hydroxyl groups excluding tert-OH is 1. The van der Waals surface area contributed by atoms with E-state index in [1.165, 1.54) is 0 Å². The van der Waals surface area contributed by atoms with Crippen molar-refractivity contribution in [3.8, 4) is 11.5 Å². The van der Waals surface area contributed by atoms with Crippen LogP contribution < -0.4 is 20.1 Å². The number of methoxy groups -OCH3 is 1. The zero-order valence-corrected chi connectivity index (χ0v) is 16.8. The Bertz CT molecular complexity index is 556. The lowest BCUT2D eigenvalue weighted by molar-refractivity contribution is -0.124. The van der Waals surface area contributed by atoms with Gasteiger partial charge in [-0.25, -0.2) is 0 Å². The van der Waals surface area contributed by atoms with Crippen LogP contribution in [0, 0.1) is 0 Å². The molecule has 0 heterocycles. The van der Waals surface area contributed by atoms with Gasteiger partial charge in [0.15, 0.2) is 18.1 Å². The summed E-state index contributed by atoms with van der Waals surface area (Å²) in [7, 11) is 1.56. The third-order valence-corrected chi connectivity index (χ3v) is 3.30. The number of carbonyl (C=O) groups excluding carboxylic acids is 1. The van der Waals surface area contributed by atoms with Gasteiger partial charge in [0.2, 0.25) is 0 Å². The summed E-state index contributed by atoms with van der Waals surface area (Å²) < 4.78 is 11.1. The zero-order valence-electron chi connectivity index (χ0n) is 15.9. The molecule has 0 atom stereocenters. The summed E-state index contributed by atoms with van der Waals surface area (Å²) in [6.07, 6.45) is 0. The molecule has 0 bridgehead atoms. The Balaban J connectivity index is 0.00000576. The number of aliphatic hydroxyl groups is 1. The molecule has 1 rings (SSSR count). The molecule has 1 amide bonds. The summed E-state index contributed by atoms with van der Waals surface area (Å²) in [6, 6.07) is 5.56. The van der Waals surface area contributed by atoms with Gasteiger partial charge in [-0.1, -0.05) is 12.1 Å². The lowest BCUT2D eigenvalue weighted by atomic mass is 10.1. The normalized spacial score (nSPS) is 11.5. The molecule has 0 fully saturated rings. The standard InChI is InChI=1S/C18H30N2O4.ClH/c1-17(2,3)20-15(22)11-24-16-13(8-7-9-14(16)23-6)10-19-18(4,5)12-21;/h7-9,19,21H,10-12H2,1-6H3,(H,20,22);1H. The van der Waals surface area contributed by atoms with Crippen LogP contribution in [0.25, 0.3) is 0 Å². The van der Waals surface area contributed by atoms with Crippen molar-refractivity contribution in [3.63, 3.8) is 0 Å². The van der Waals surface area contributed by atoms with Crippen LogP contribution >= 0.6 is 12.4 Å². The second-order valence-corrected chi connectivity index (χ2v) is 7.43. The third kappa shape index (κ3) is 8.43. The molecule has 144 valence electrons. The maximum Gasteiger partial charge on any atom is 0.258 e. The number of para-hydroxylation sites is 1. The molecule has 3 N–H and O–H groups in total. The highest BCUT2D eigenvalue weighted by atomic mass is 35.5. The van der Waals surface area contributed by atoms with Crippen LogP contribution in [0.5, 0.6) is 11.5 Å². The fourth-order valence-corrected chi connectivity index (χ4v) is 2.01. The summed E-state index contributed by atoms with van der Waals surface area (Å²) in [6.45, 7) is 9.98. The van der Waals surface area contributed by atoms with E-state index in [9.17, 15) is 9.90 Å². The van der Waals surface area contributed by atoms with Crippen molar-refractivity contribution in [1.82, 2.24) is 10.6 Å². The van der Waals surface area contributed by atoms with Crippen molar-refractivity contribution < 1.29 is 19.4 Å². The molecule has 25 heavy (non-hydrogen) atoms. The molecule has 0 radical (unpaired) electrons. The van der Waals surface area contributed by atoms with Crippen LogP contribution in [0.15, 0.2) is 18.2 Å². The predicted molar refractivity (Wildman–Crippen MR) is 102 cm³/mol. The number of carbonyl (C=O) groups is 1. The van der Waals surface area contributed by atoms with Crippen LogP contribution in [0.1, 0.15) is 40.2 Å². The van der Waals surface area contributed by atoms with Gasteiger partial charge in [-0.2, -0.15) is 0 Å². The summed E-state index contributed by atoms with van der Waals surface area (Å²) in [4.78, 5) is 12.0. The average Bonchev–Trinajstić information content (AvgIpc) is 2.49. The maximum atomic E-state index is 12.0. The molecule has 1 aromatic rings. The fraction of sp³-hybridized carbons (Fsp3) is 0.611. The Morgan fingerprint density at radius 1 is 1.20 bits per heavy atom. The van der Waals surface area contributed by atoms with E-state index in [1.54, 1.807) is 13.2 Å². The van der Waals surface area contributed by atoms with E-state index in [-0.39, 0.29) is 37.1 Å². The molecule has 6 nitrogen and oxygen atoms in total. The number of rotatable bonds is 8. The highest BCUT2D eigenvalue weighted by Crippen LogP contribution is 2.31. The van der Waals surface area contributed by atoms with E-state index >= 15 is 0 Å². The molecule has 0 aliphatic carbocycles. The van der Waals surface area contributed by atoms with Gasteiger partial charge in [0.25, 0.3) is 5.91 Å². The van der Waals surface area contributed by atoms with Crippen molar-refractivity contribution in [2.75, 3.05) is 20.3 Å². The van der Waals surface area contributed by atoms with E-state index in [2.05, 4.69) is 10.6 Å². The van der Waals surface area contributed by atoms with Gasteiger partial charge in [0.05, 0.1) is 13.7 Å². The van der Waals surface area contributed by atoms with Crippen molar-refractivity contribution in [1.29, 1.82) is 0 Å². The lowest BCUT2D eigenvalue weighted by Gasteiger charge is -2.25. The van der Waals surface area contributed by atoms with Gasteiger partial charge in [-0.15, -0.1) is 12.4 Å². The van der Waals surface area contributed by atoms with Crippen LogP contribution in [-0.2, 0) is 11.3 Å². The highest BCUT2D eigenvalue weighted by Gasteiger charge is 2.19. The number of amides is 1. The molecule has 0 unspecified atom stereocenters. The van der Waals surface area contributed by atoms with Gasteiger partial charge in [0, 0.05) is 23.2 Å². The SMILES string of the molecule is COc1cccc(CNC(C)(C)CO)c1OCC(=O)NC(C)(C)C.Cl. The quantitative estimate of drug-likeness (QED) is 0.650. The second kappa shape index (κ2) is 9.85. The summed E-state index contributed by atoms with van der Waals surface area (Å²) >= 11 is 0. The molecule has 0 aromatic heterocycles. The summed E-state index contributed by atoms with van der Waals surface area (Å²) in [5.74, 6) is 0.910. The van der Waals surface area contributed by atoms with E-state index in [1.807, 2.05) is 46.8 Å². The van der Waals surface area contributed by atoms with E-state index < -0.39 is 5.54 Å². The van der Waals surface area contributed by atoms with Crippen LogP contribution in [0.4, 0.5) is 0 Å². The Hall–Kier alpha value is -1.50. The minimum atomic E-state index is -0.413. The van der Waals surface area contributed by atoms with Crippen LogP contribution in [-0.4, -0.2) is 42.4 Å². The van der Waals surface area contributed by atoms with Crippen LogP contribution in [0.3, 0.4) is 0 Å². The molecule has 0 spiro atoms. The number of nitrogens with one attached hydrogen (secondary N) is 2. The predicted octanol–water partition coefficient (Wildman–Crippen LogP) is 2.27. The first-order valence-electron chi connectivity index (χ1n) is 8.03. The Labute approximate surface area is 156 Å². The molecule has 0 aliphatic heterocycles. The fourth-order valence-electron chi connectivity index (χ4n) is 2.01. The average molecular weight is 375 g/mol. The Kier molecular flexibility index (Phi) is 9.26. The number of ether oxygens (including phenoxy) is 2. The third-order valence-electron chi connectivity index (χ3n) is 3.30. The molecule has 1 aromatic carbocycles. The van der Waals surface area contributed by atoms with Crippen molar-refractivity contribution in [3.05, 3.63) is 23.8 Å². The van der Waals surface area contributed by atoms with Gasteiger partial charge >= 0.3 is 0 Å². The number of hydrogen-bond donors (Lipinski definition) is 3. The molecule has 0 saturated carbocycles. The lowest BCUT2D eigenvalue weighted by Crippen LogP contribution is -2.43.